The Bertz CT molecular complexity index is 893. The third-order valence-electron chi connectivity index (χ3n) is 3.79. The molecule has 0 saturated heterocycles. The molecule has 0 heterocycles. The molecule has 0 aliphatic heterocycles. The molecule has 0 spiro atoms. The van der Waals surface area contributed by atoms with E-state index in [1.807, 2.05) is 54.6 Å². The van der Waals surface area contributed by atoms with Gasteiger partial charge in [0.05, 0.1) is 0 Å². The lowest BCUT2D eigenvalue weighted by molar-refractivity contribution is -0.122. The quantitative estimate of drug-likeness (QED) is 0.578. The number of carbonyl (C=O) groups is 1. The largest absolute Gasteiger partial charge is 0.481 e. The van der Waals surface area contributed by atoms with Crippen molar-refractivity contribution in [1.82, 2.24) is 0 Å². The molecule has 0 radical (unpaired) electrons. The number of ether oxygens (including phenoxy) is 1. The normalized spacial score (nSPS) is 11.7. The van der Waals surface area contributed by atoms with Crippen LogP contribution in [0.2, 0.25) is 10.0 Å². The molecule has 132 valence electrons. The van der Waals surface area contributed by atoms with Gasteiger partial charge >= 0.3 is 0 Å². The summed E-state index contributed by atoms with van der Waals surface area (Å²) in [5, 5.41) is 3.83. The van der Waals surface area contributed by atoms with E-state index >= 15 is 0 Å². The van der Waals surface area contributed by atoms with Crippen molar-refractivity contribution in [3.8, 4) is 16.9 Å². The Labute approximate surface area is 162 Å². The standard InChI is InChI=1S/C21H17Cl2NO2/c1-14(26-18-12-16(22)11-17(23)13-18)21(25)24-20-10-6-5-9-19(20)15-7-3-2-4-8-15/h2-14H,1H3,(H,24,25)/t14-/m1/s1. The van der Waals surface area contributed by atoms with Crippen molar-refractivity contribution in [2.45, 2.75) is 13.0 Å². The van der Waals surface area contributed by atoms with Crippen molar-refractivity contribution in [1.29, 1.82) is 0 Å². The molecule has 0 aliphatic rings. The average molecular weight is 386 g/mol. The number of hydrogen-bond acceptors (Lipinski definition) is 2. The van der Waals surface area contributed by atoms with Crippen LogP contribution in [0.25, 0.3) is 11.1 Å². The average Bonchev–Trinajstić information content (AvgIpc) is 2.62. The van der Waals surface area contributed by atoms with Gasteiger partial charge in [0.15, 0.2) is 6.10 Å². The first-order valence-corrected chi connectivity index (χ1v) is 8.86. The molecule has 3 rings (SSSR count). The second-order valence-electron chi connectivity index (χ2n) is 5.77. The van der Waals surface area contributed by atoms with Gasteiger partial charge < -0.3 is 10.1 Å². The maximum Gasteiger partial charge on any atom is 0.265 e. The van der Waals surface area contributed by atoms with Crippen LogP contribution in [-0.4, -0.2) is 12.0 Å². The van der Waals surface area contributed by atoms with Crippen LogP contribution in [0, 0.1) is 0 Å². The molecule has 3 aromatic carbocycles. The van der Waals surface area contributed by atoms with Gasteiger partial charge in [-0.05, 0) is 36.8 Å². The zero-order chi connectivity index (χ0) is 18.5. The van der Waals surface area contributed by atoms with Crippen molar-refractivity contribution in [3.05, 3.63) is 82.8 Å². The van der Waals surface area contributed by atoms with Crippen LogP contribution in [0.15, 0.2) is 72.8 Å². The topological polar surface area (TPSA) is 38.3 Å². The van der Waals surface area contributed by atoms with Crippen LogP contribution < -0.4 is 10.1 Å². The minimum Gasteiger partial charge on any atom is -0.481 e. The van der Waals surface area contributed by atoms with E-state index in [1.165, 1.54) is 0 Å². The minimum atomic E-state index is -0.714. The van der Waals surface area contributed by atoms with Crippen LogP contribution in [0.5, 0.6) is 5.75 Å². The Morgan fingerprint density at radius 1 is 0.923 bits per heavy atom. The highest BCUT2D eigenvalue weighted by atomic mass is 35.5. The van der Waals surface area contributed by atoms with E-state index in [0.29, 0.717) is 15.8 Å². The molecule has 3 aromatic rings. The van der Waals surface area contributed by atoms with E-state index in [2.05, 4.69) is 5.32 Å². The zero-order valence-electron chi connectivity index (χ0n) is 14.1. The van der Waals surface area contributed by atoms with Crippen LogP contribution in [-0.2, 0) is 4.79 Å². The first-order chi connectivity index (χ1) is 12.5. The molecular formula is C21H17Cl2NO2. The molecule has 1 amide bonds. The lowest BCUT2D eigenvalue weighted by Crippen LogP contribution is -2.30. The number of carbonyl (C=O) groups excluding carboxylic acids is 1. The summed E-state index contributed by atoms with van der Waals surface area (Å²) in [5.74, 6) is 0.186. The Morgan fingerprint density at radius 3 is 2.23 bits per heavy atom. The predicted octanol–water partition coefficient (Wildman–Crippen LogP) is 6.07. The van der Waals surface area contributed by atoms with Crippen LogP contribution in [0.4, 0.5) is 5.69 Å². The summed E-state index contributed by atoms with van der Waals surface area (Å²) >= 11 is 11.9. The SMILES string of the molecule is C[C@@H](Oc1cc(Cl)cc(Cl)c1)C(=O)Nc1ccccc1-c1ccccc1. The number of halogens is 2. The number of anilines is 1. The molecule has 0 aromatic heterocycles. The highest BCUT2D eigenvalue weighted by Gasteiger charge is 2.17. The number of nitrogens with one attached hydrogen (secondary N) is 1. The van der Waals surface area contributed by atoms with Gasteiger partial charge in [-0.2, -0.15) is 0 Å². The lowest BCUT2D eigenvalue weighted by atomic mass is 10.0. The van der Waals surface area contributed by atoms with Gasteiger partial charge in [-0.15, -0.1) is 0 Å². The van der Waals surface area contributed by atoms with Crippen molar-refractivity contribution < 1.29 is 9.53 Å². The molecule has 3 nitrogen and oxygen atoms in total. The summed E-state index contributed by atoms with van der Waals surface area (Å²) < 4.78 is 5.67. The van der Waals surface area contributed by atoms with Crippen molar-refractivity contribution in [2.75, 3.05) is 5.32 Å². The minimum absolute atomic E-state index is 0.260. The first-order valence-electron chi connectivity index (χ1n) is 8.11. The molecule has 0 aliphatic carbocycles. The Balaban J connectivity index is 1.76. The monoisotopic (exact) mass is 385 g/mol. The summed E-state index contributed by atoms with van der Waals surface area (Å²) in [5.41, 5.74) is 2.70. The van der Waals surface area contributed by atoms with Gasteiger partial charge in [0.2, 0.25) is 0 Å². The second-order valence-corrected chi connectivity index (χ2v) is 6.64. The Morgan fingerprint density at radius 2 is 1.54 bits per heavy atom. The van der Waals surface area contributed by atoms with Gasteiger partial charge in [0, 0.05) is 21.3 Å². The van der Waals surface area contributed by atoms with Gasteiger partial charge in [-0.1, -0.05) is 71.7 Å². The number of hydrogen-bond donors (Lipinski definition) is 1. The molecule has 1 N–H and O–H groups in total. The molecule has 0 saturated carbocycles. The maximum absolute atomic E-state index is 12.6. The molecule has 5 heteroatoms. The van der Waals surface area contributed by atoms with E-state index < -0.39 is 6.10 Å². The fourth-order valence-corrected chi connectivity index (χ4v) is 3.06. The molecular weight excluding hydrogens is 369 g/mol. The predicted molar refractivity (Wildman–Crippen MR) is 107 cm³/mol. The van der Waals surface area contributed by atoms with E-state index in [4.69, 9.17) is 27.9 Å². The van der Waals surface area contributed by atoms with Gasteiger partial charge in [0.1, 0.15) is 5.75 Å². The fraction of sp³-hybridized carbons (Fsp3) is 0.0952. The van der Waals surface area contributed by atoms with Crippen LogP contribution in [0.1, 0.15) is 6.92 Å². The first kappa shape index (κ1) is 18.3. The number of amides is 1. The molecule has 0 fully saturated rings. The Hall–Kier alpha value is -2.49. The van der Waals surface area contributed by atoms with Gasteiger partial charge in [-0.25, -0.2) is 0 Å². The second kappa shape index (κ2) is 8.26. The summed E-state index contributed by atoms with van der Waals surface area (Å²) in [6, 6.07) is 22.4. The maximum atomic E-state index is 12.6. The fourth-order valence-electron chi connectivity index (χ4n) is 2.55. The summed E-state index contributed by atoms with van der Waals surface area (Å²) in [4.78, 5) is 12.6. The van der Waals surface area contributed by atoms with Crippen molar-refractivity contribution in [3.63, 3.8) is 0 Å². The summed E-state index contributed by atoms with van der Waals surface area (Å²) in [7, 11) is 0. The molecule has 0 unspecified atom stereocenters. The van der Waals surface area contributed by atoms with E-state index in [0.717, 1.165) is 16.8 Å². The van der Waals surface area contributed by atoms with Crippen molar-refractivity contribution in [2.24, 2.45) is 0 Å². The summed E-state index contributed by atoms with van der Waals surface area (Å²) in [6.07, 6.45) is -0.714. The van der Waals surface area contributed by atoms with Crippen molar-refractivity contribution >= 4 is 34.8 Å². The highest BCUT2D eigenvalue weighted by Crippen LogP contribution is 2.28. The van der Waals surface area contributed by atoms with Gasteiger partial charge in [0.25, 0.3) is 5.91 Å². The smallest absolute Gasteiger partial charge is 0.265 e. The van der Waals surface area contributed by atoms with E-state index in [1.54, 1.807) is 25.1 Å². The molecule has 26 heavy (non-hydrogen) atoms. The third kappa shape index (κ3) is 4.57. The van der Waals surface area contributed by atoms with Crippen LogP contribution in [0.3, 0.4) is 0 Å². The number of benzene rings is 3. The number of para-hydroxylation sites is 1. The highest BCUT2D eigenvalue weighted by molar-refractivity contribution is 6.34. The van der Waals surface area contributed by atoms with E-state index in [-0.39, 0.29) is 5.91 Å². The van der Waals surface area contributed by atoms with Gasteiger partial charge in [-0.3, -0.25) is 4.79 Å². The molecule has 0 bridgehead atoms. The number of rotatable bonds is 5. The lowest BCUT2D eigenvalue weighted by Gasteiger charge is -2.17. The third-order valence-corrected chi connectivity index (χ3v) is 4.22. The van der Waals surface area contributed by atoms with E-state index in [9.17, 15) is 4.79 Å². The zero-order valence-corrected chi connectivity index (χ0v) is 15.6. The molecule has 1 atom stereocenters. The van der Waals surface area contributed by atoms with Crippen LogP contribution >= 0.6 is 23.2 Å². The summed E-state index contributed by atoms with van der Waals surface area (Å²) in [6.45, 7) is 1.68. The Kier molecular flexibility index (Phi) is 5.82.